The number of pyridine rings is 2. The van der Waals surface area contributed by atoms with E-state index in [2.05, 4.69) is 26.1 Å². The maximum absolute atomic E-state index is 13.9. The highest BCUT2D eigenvalue weighted by Crippen LogP contribution is 2.30. The minimum absolute atomic E-state index is 0.110. The van der Waals surface area contributed by atoms with Crippen LogP contribution in [-0.2, 0) is 7.05 Å². The van der Waals surface area contributed by atoms with E-state index in [1.165, 1.54) is 33.4 Å². The third-order valence-electron chi connectivity index (χ3n) is 5.98. The molecular weight excluding hydrogens is 515 g/mol. The van der Waals surface area contributed by atoms with Gasteiger partial charge in [-0.15, -0.1) is 0 Å². The zero-order valence-corrected chi connectivity index (χ0v) is 20.2. The second kappa shape index (κ2) is 9.09. The molecule has 2 N–H and O–H groups in total. The number of benzene rings is 2. The molecule has 35 heavy (non-hydrogen) atoms. The molecule has 0 radical (unpaired) electrons. The first-order chi connectivity index (χ1) is 16.8. The van der Waals surface area contributed by atoms with Gasteiger partial charge in [-0.25, -0.2) is 4.39 Å². The smallest absolute Gasteiger partial charge is 0.251 e. The number of aliphatic hydroxyl groups is 1. The van der Waals surface area contributed by atoms with E-state index in [0.717, 1.165) is 22.0 Å². The monoisotopic (exact) mass is 534 g/mol. The predicted octanol–water partition coefficient (Wildman–Crippen LogP) is 4.24. The van der Waals surface area contributed by atoms with Gasteiger partial charge in [0.25, 0.3) is 5.56 Å². The molecule has 7 nitrogen and oxygen atoms in total. The van der Waals surface area contributed by atoms with Crippen LogP contribution in [0.25, 0.3) is 33.3 Å². The standard InChI is InChI=1S/C26H20BrFN4O3/c1-31-13-17(3-5-24(31)34)26-21-10-15(2-4-22(21)29-30-26)16-6-7-32(25(35)11-16)23(14-33)18-8-19(27)12-20(28)9-18/h2-13,23,33H,14H2,1H3,(H,29,30)/t23-/m1/s1. The lowest BCUT2D eigenvalue weighted by atomic mass is 10.0. The molecule has 0 aliphatic heterocycles. The van der Waals surface area contributed by atoms with Crippen molar-refractivity contribution in [2.45, 2.75) is 6.04 Å². The third kappa shape index (κ3) is 4.36. The van der Waals surface area contributed by atoms with Crippen LogP contribution in [0.2, 0.25) is 0 Å². The van der Waals surface area contributed by atoms with E-state index in [-0.39, 0.29) is 17.7 Å². The van der Waals surface area contributed by atoms with Gasteiger partial charge in [0.05, 0.1) is 18.2 Å². The second-order valence-corrected chi connectivity index (χ2v) is 9.18. The SMILES string of the molecule is Cn1cc(-c2n[nH]c3ccc(-c4ccn([C@H](CO)c5cc(F)cc(Br)c5)c(=O)c4)cc23)ccc1=O. The zero-order chi connectivity index (χ0) is 24.7. The number of aromatic nitrogens is 4. The summed E-state index contributed by atoms with van der Waals surface area (Å²) in [6, 6.07) is 15.8. The first-order valence-corrected chi connectivity index (χ1v) is 11.6. The van der Waals surface area contributed by atoms with Crippen LogP contribution >= 0.6 is 15.9 Å². The number of halogens is 2. The molecule has 5 rings (SSSR count). The maximum Gasteiger partial charge on any atom is 0.251 e. The van der Waals surface area contributed by atoms with Crippen molar-refractivity contribution < 1.29 is 9.50 Å². The Balaban J connectivity index is 1.55. The molecule has 2 aromatic carbocycles. The minimum Gasteiger partial charge on any atom is -0.394 e. The summed E-state index contributed by atoms with van der Waals surface area (Å²) in [5, 5.41) is 18.2. The topological polar surface area (TPSA) is 92.9 Å². The van der Waals surface area contributed by atoms with Gasteiger partial charge >= 0.3 is 0 Å². The molecule has 176 valence electrons. The minimum atomic E-state index is -0.726. The quantitative estimate of drug-likeness (QED) is 0.352. The molecule has 0 amide bonds. The van der Waals surface area contributed by atoms with Gasteiger partial charge < -0.3 is 14.2 Å². The van der Waals surface area contributed by atoms with Crippen LogP contribution in [0.4, 0.5) is 4.39 Å². The summed E-state index contributed by atoms with van der Waals surface area (Å²) < 4.78 is 17.3. The van der Waals surface area contributed by atoms with E-state index < -0.39 is 11.9 Å². The Kier molecular flexibility index (Phi) is 5.96. The zero-order valence-electron chi connectivity index (χ0n) is 18.6. The van der Waals surface area contributed by atoms with Gasteiger partial charge in [-0.05, 0) is 59.2 Å². The van der Waals surface area contributed by atoms with E-state index in [4.69, 9.17) is 0 Å². The van der Waals surface area contributed by atoms with Crippen molar-refractivity contribution in [2.75, 3.05) is 6.61 Å². The van der Waals surface area contributed by atoms with Gasteiger partial charge in [0, 0.05) is 47.0 Å². The number of nitrogens with one attached hydrogen (secondary N) is 1. The highest BCUT2D eigenvalue weighted by atomic mass is 79.9. The van der Waals surface area contributed by atoms with Crippen molar-refractivity contribution in [1.82, 2.24) is 19.3 Å². The molecule has 1 atom stereocenters. The molecule has 0 fully saturated rings. The lowest BCUT2D eigenvalue weighted by molar-refractivity contribution is 0.246. The second-order valence-electron chi connectivity index (χ2n) is 8.26. The molecule has 0 saturated carbocycles. The maximum atomic E-state index is 13.9. The van der Waals surface area contributed by atoms with E-state index in [9.17, 15) is 19.1 Å². The number of hydrogen-bond donors (Lipinski definition) is 2. The van der Waals surface area contributed by atoms with Crippen molar-refractivity contribution in [1.29, 1.82) is 0 Å². The van der Waals surface area contributed by atoms with Crippen LogP contribution in [0, 0.1) is 5.82 Å². The van der Waals surface area contributed by atoms with Crippen LogP contribution in [0.1, 0.15) is 11.6 Å². The normalized spacial score (nSPS) is 12.2. The first kappa shape index (κ1) is 22.9. The number of aromatic amines is 1. The fourth-order valence-electron chi connectivity index (χ4n) is 4.20. The lowest BCUT2D eigenvalue weighted by Gasteiger charge is -2.19. The van der Waals surface area contributed by atoms with E-state index in [1.54, 1.807) is 37.6 Å². The van der Waals surface area contributed by atoms with Gasteiger partial charge in [-0.1, -0.05) is 22.0 Å². The fraction of sp³-hybridized carbons (Fsp3) is 0.115. The molecule has 9 heteroatoms. The van der Waals surface area contributed by atoms with E-state index in [0.29, 0.717) is 21.3 Å². The summed E-state index contributed by atoms with van der Waals surface area (Å²) in [5.74, 6) is -0.458. The highest BCUT2D eigenvalue weighted by Gasteiger charge is 2.17. The average molecular weight is 535 g/mol. The van der Waals surface area contributed by atoms with Gasteiger partial charge in [-0.2, -0.15) is 5.10 Å². The third-order valence-corrected chi connectivity index (χ3v) is 6.44. The molecule has 0 saturated heterocycles. The summed E-state index contributed by atoms with van der Waals surface area (Å²) >= 11 is 3.26. The molecule has 3 heterocycles. The van der Waals surface area contributed by atoms with Crippen LogP contribution in [-0.4, -0.2) is 31.0 Å². The molecule has 0 bridgehead atoms. The highest BCUT2D eigenvalue weighted by molar-refractivity contribution is 9.10. The summed E-state index contributed by atoms with van der Waals surface area (Å²) in [4.78, 5) is 24.8. The number of nitrogens with zero attached hydrogens (tertiary/aromatic N) is 3. The first-order valence-electron chi connectivity index (χ1n) is 10.8. The number of aliphatic hydroxyl groups excluding tert-OH is 1. The molecule has 0 unspecified atom stereocenters. The van der Waals surface area contributed by atoms with Crippen molar-refractivity contribution >= 4 is 26.8 Å². The lowest BCUT2D eigenvalue weighted by Crippen LogP contribution is -2.27. The summed E-state index contributed by atoms with van der Waals surface area (Å²) in [6.07, 6.45) is 3.33. The molecule has 0 aliphatic carbocycles. The number of fused-ring (bicyclic) bond motifs is 1. The predicted molar refractivity (Wildman–Crippen MR) is 136 cm³/mol. The average Bonchev–Trinajstić information content (AvgIpc) is 3.25. The van der Waals surface area contributed by atoms with Crippen molar-refractivity contribution in [3.8, 4) is 22.4 Å². The van der Waals surface area contributed by atoms with Crippen LogP contribution in [0.5, 0.6) is 0 Å². The Morgan fingerprint density at radius 2 is 1.77 bits per heavy atom. The van der Waals surface area contributed by atoms with Gasteiger partial charge in [0.1, 0.15) is 11.5 Å². The van der Waals surface area contributed by atoms with Crippen molar-refractivity contribution in [3.63, 3.8) is 0 Å². The largest absolute Gasteiger partial charge is 0.394 e. The number of rotatable bonds is 5. The van der Waals surface area contributed by atoms with Gasteiger partial charge in [0.15, 0.2) is 0 Å². The Hall–Kier alpha value is -3.82. The van der Waals surface area contributed by atoms with Crippen LogP contribution < -0.4 is 11.1 Å². The number of hydrogen-bond acceptors (Lipinski definition) is 4. The van der Waals surface area contributed by atoms with E-state index in [1.807, 2.05) is 18.2 Å². The fourth-order valence-corrected chi connectivity index (χ4v) is 4.68. The Bertz CT molecular complexity index is 1670. The molecular formula is C26H20BrFN4O3. The molecule has 3 aromatic heterocycles. The summed E-state index contributed by atoms with van der Waals surface area (Å²) in [6.45, 7) is -0.362. The Labute approximate surface area is 207 Å². The van der Waals surface area contributed by atoms with Crippen molar-refractivity contribution in [3.05, 3.63) is 110 Å². The van der Waals surface area contributed by atoms with Crippen LogP contribution in [0.15, 0.2) is 87.1 Å². The number of H-pyrrole nitrogens is 1. The molecule has 5 aromatic rings. The summed E-state index contributed by atoms with van der Waals surface area (Å²) in [5.41, 5.74) is 3.86. The molecule has 0 spiro atoms. The van der Waals surface area contributed by atoms with Gasteiger partial charge in [-0.3, -0.25) is 14.7 Å². The number of aryl methyl sites for hydroxylation is 1. The Morgan fingerprint density at radius 1 is 1.00 bits per heavy atom. The van der Waals surface area contributed by atoms with Gasteiger partial charge in [0.2, 0.25) is 5.56 Å². The molecule has 0 aliphatic rings. The van der Waals surface area contributed by atoms with Crippen LogP contribution in [0.3, 0.4) is 0 Å². The Morgan fingerprint density at radius 3 is 2.49 bits per heavy atom. The summed E-state index contributed by atoms with van der Waals surface area (Å²) in [7, 11) is 1.68. The van der Waals surface area contributed by atoms with E-state index >= 15 is 0 Å². The van der Waals surface area contributed by atoms with Crippen molar-refractivity contribution in [2.24, 2.45) is 7.05 Å².